The van der Waals surface area contributed by atoms with Crippen LogP contribution >= 0.6 is 0 Å². The number of alkyl halides is 3. The Labute approximate surface area is 104 Å². The Morgan fingerprint density at radius 2 is 1.78 bits per heavy atom. The van der Waals surface area contributed by atoms with Gasteiger partial charge in [-0.15, -0.1) is 0 Å². The molecule has 0 aromatic rings. The number of halogens is 3. The quantitative estimate of drug-likeness (QED) is 0.670. The lowest BCUT2D eigenvalue weighted by Crippen LogP contribution is -2.35. The summed E-state index contributed by atoms with van der Waals surface area (Å²) in [5.41, 5.74) is 0. The normalized spacial score (nSPS) is 24.8. The fraction of sp³-hybridized carbons (Fsp3) is 0.909. The van der Waals surface area contributed by atoms with Crippen molar-refractivity contribution in [2.24, 2.45) is 11.8 Å². The molecule has 7 heteroatoms. The lowest BCUT2D eigenvalue weighted by Gasteiger charge is -2.29. The third kappa shape index (κ3) is 5.57. The number of carbonyl (C=O) groups is 1. The zero-order chi connectivity index (χ0) is 13.6. The Kier molecular flexibility index (Phi) is 5.71. The first-order valence-electron chi connectivity index (χ1n) is 6.14. The van der Waals surface area contributed by atoms with Gasteiger partial charge in [-0.1, -0.05) is 0 Å². The summed E-state index contributed by atoms with van der Waals surface area (Å²) in [7, 11) is 0. The van der Waals surface area contributed by atoms with Gasteiger partial charge in [-0.05, 0) is 38.1 Å². The first kappa shape index (κ1) is 15.1. The lowest BCUT2D eigenvalue weighted by molar-refractivity contribution is -0.183. The van der Waals surface area contributed by atoms with Crippen molar-refractivity contribution in [3.05, 3.63) is 0 Å². The van der Waals surface area contributed by atoms with Crippen LogP contribution in [0.3, 0.4) is 0 Å². The van der Waals surface area contributed by atoms with Gasteiger partial charge in [-0.3, -0.25) is 0 Å². The summed E-state index contributed by atoms with van der Waals surface area (Å²) >= 11 is 0. The van der Waals surface area contributed by atoms with Gasteiger partial charge in [0.2, 0.25) is 0 Å². The van der Waals surface area contributed by atoms with E-state index >= 15 is 0 Å². The van der Waals surface area contributed by atoms with Crippen LogP contribution in [0.15, 0.2) is 0 Å². The Bertz CT molecular complexity index is 264. The highest BCUT2D eigenvalue weighted by molar-refractivity contribution is 5.64. The molecule has 0 saturated heterocycles. The second-order valence-corrected chi connectivity index (χ2v) is 4.70. The van der Waals surface area contributed by atoms with Crippen LogP contribution in [-0.4, -0.2) is 37.0 Å². The van der Waals surface area contributed by atoms with Gasteiger partial charge in [-0.2, -0.15) is 13.2 Å². The van der Waals surface area contributed by atoms with Crippen LogP contribution in [0, 0.1) is 11.8 Å². The summed E-state index contributed by atoms with van der Waals surface area (Å²) in [6.07, 6.45) is -3.52. The molecule has 0 aromatic heterocycles. The van der Waals surface area contributed by atoms with E-state index < -0.39 is 18.2 Å². The zero-order valence-electron chi connectivity index (χ0n) is 10.1. The molecule has 0 bridgehead atoms. The standard InChI is InChI=1S/C11H19F3N2O2/c12-11(13,14)9-3-1-8(2-4-9)7-15-5-6-16-10(17)18/h8-9,15-16H,1-7H2,(H,17,18). The predicted octanol–water partition coefficient (Wildman–Crippen LogP) is 2.21. The predicted molar refractivity (Wildman–Crippen MR) is 60.4 cm³/mol. The molecule has 18 heavy (non-hydrogen) atoms. The molecule has 0 atom stereocenters. The van der Waals surface area contributed by atoms with Gasteiger partial charge in [0.05, 0.1) is 5.92 Å². The van der Waals surface area contributed by atoms with Gasteiger partial charge < -0.3 is 15.7 Å². The smallest absolute Gasteiger partial charge is 0.404 e. The Morgan fingerprint density at radius 3 is 2.28 bits per heavy atom. The second kappa shape index (κ2) is 6.82. The highest BCUT2D eigenvalue weighted by Gasteiger charge is 2.41. The maximum Gasteiger partial charge on any atom is 0.404 e. The van der Waals surface area contributed by atoms with Crippen molar-refractivity contribution in [3.63, 3.8) is 0 Å². The van der Waals surface area contributed by atoms with Crippen LogP contribution in [0.2, 0.25) is 0 Å². The van der Waals surface area contributed by atoms with Crippen LogP contribution in [0.25, 0.3) is 0 Å². The van der Waals surface area contributed by atoms with Crippen LogP contribution in [0.1, 0.15) is 25.7 Å². The largest absolute Gasteiger partial charge is 0.465 e. The molecule has 0 aromatic carbocycles. The molecule has 106 valence electrons. The fourth-order valence-corrected chi connectivity index (χ4v) is 2.26. The van der Waals surface area contributed by atoms with Crippen molar-refractivity contribution < 1.29 is 23.1 Å². The van der Waals surface area contributed by atoms with Crippen molar-refractivity contribution in [2.45, 2.75) is 31.9 Å². The van der Waals surface area contributed by atoms with Gasteiger partial charge >= 0.3 is 12.3 Å². The van der Waals surface area contributed by atoms with E-state index in [-0.39, 0.29) is 18.8 Å². The monoisotopic (exact) mass is 268 g/mol. The van der Waals surface area contributed by atoms with Crippen LogP contribution in [0.4, 0.5) is 18.0 Å². The molecule has 1 rings (SSSR count). The molecule has 0 heterocycles. The summed E-state index contributed by atoms with van der Waals surface area (Å²) in [5.74, 6) is -0.865. The molecule has 1 amide bonds. The highest BCUT2D eigenvalue weighted by atomic mass is 19.4. The molecule has 1 fully saturated rings. The number of hydrogen-bond donors (Lipinski definition) is 3. The zero-order valence-corrected chi connectivity index (χ0v) is 10.1. The summed E-state index contributed by atoms with van der Waals surface area (Å²) in [6.45, 7) is 1.48. The summed E-state index contributed by atoms with van der Waals surface area (Å²) < 4.78 is 37.3. The molecule has 4 nitrogen and oxygen atoms in total. The van der Waals surface area contributed by atoms with Gasteiger partial charge in [0, 0.05) is 13.1 Å². The maximum absolute atomic E-state index is 12.4. The molecule has 1 aliphatic carbocycles. The third-order valence-corrected chi connectivity index (χ3v) is 3.32. The van der Waals surface area contributed by atoms with E-state index in [1.807, 2.05) is 0 Å². The minimum atomic E-state index is -4.05. The van der Waals surface area contributed by atoms with Crippen LogP contribution in [-0.2, 0) is 0 Å². The van der Waals surface area contributed by atoms with Crippen molar-refractivity contribution >= 4 is 6.09 Å². The van der Waals surface area contributed by atoms with E-state index in [4.69, 9.17) is 5.11 Å². The summed E-state index contributed by atoms with van der Waals surface area (Å²) in [5, 5.41) is 13.6. The number of hydrogen-bond acceptors (Lipinski definition) is 2. The first-order valence-corrected chi connectivity index (χ1v) is 6.14. The molecule has 1 aliphatic rings. The van der Waals surface area contributed by atoms with Gasteiger partial charge in [0.25, 0.3) is 0 Å². The van der Waals surface area contributed by atoms with Crippen molar-refractivity contribution in [2.75, 3.05) is 19.6 Å². The SMILES string of the molecule is O=C(O)NCCNCC1CCC(C(F)(F)F)CC1. The molecule has 0 aliphatic heterocycles. The Balaban J connectivity index is 2.07. The van der Waals surface area contributed by atoms with Crippen molar-refractivity contribution in [1.82, 2.24) is 10.6 Å². The Morgan fingerprint density at radius 1 is 1.17 bits per heavy atom. The van der Waals surface area contributed by atoms with E-state index in [9.17, 15) is 18.0 Å². The summed E-state index contributed by atoms with van der Waals surface area (Å²) in [4.78, 5) is 10.1. The molecule has 0 spiro atoms. The van der Waals surface area contributed by atoms with E-state index in [0.29, 0.717) is 32.5 Å². The first-order chi connectivity index (χ1) is 8.39. The molecule has 0 radical (unpaired) electrons. The lowest BCUT2D eigenvalue weighted by atomic mass is 9.81. The number of carboxylic acid groups (broad SMARTS) is 1. The molecular weight excluding hydrogens is 249 g/mol. The van der Waals surface area contributed by atoms with E-state index in [0.717, 1.165) is 0 Å². The van der Waals surface area contributed by atoms with Crippen LogP contribution < -0.4 is 10.6 Å². The topological polar surface area (TPSA) is 61.4 Å². The maximum atomic E-state index is 12.4. The second-order valence-electron chi connectivity index (χ2n) is 4.70. The molecule has 1 saturated carbocycles. The van der Waals surface area contributed by atoms with Crippen LogP contribution in [0.5, 0.6) is 0 Å². The average Bonchev–Trinajstić information content (AvgIpc) is 2.27. The Hall–Kier alpha value is -0.980. The number of rotatable bonds is 5. The third-order valence-electron chi connectivity index (χ3n) is 3.32. The van der Waals surface area contributed by atoms with Crippen molar-refractivity contribution in [1.29, 1.82) is 0 Å². The fourth-order valence-electron chi connectivity index (χ4n) is 2.26. The van der Waals surface area contributed by atoms with Gasteiger partial charge in [0.15, 0.2) is 0 Å². The van der Waals surface area contributed by atoms with Gasteiger partial charge in [-0.25, -0.2) is 4.79 Å². The number of amides is 1. The van der Waals surface area contributed by atoms with Crippen molar-refractivity contribution in [3.8, 4) is 0 Å². The average molecular weight is 268 g/mol. The minimum absolute atomic E-state index is 0.212. The summed E-state index contributed by atoms with van der Waals surface area (Å²) in [6, 6.07) is 0. The molecular formula is C11H19F3N2O2. The number of nitrogens with one attached hydrogen (secondary N) is 2. The minimum Gasteiger partial charge on any atom is -0.465 e. The molecule has 3 N–H and O–H groups in total. The highest BCUT2D eigenvalue weighted by Crippen LogP contribution is 2.39. The molecule has 0 unspecified atom stereocenters. The van der Waals surface area contributed by atoms with Gasteiger partial charge in [0.1, 0.15) is 0 Å². The van der Waals surface area contributed by atoms with E-state index in [2.05, 4.69) is 10.6 Å². The van der Waals surface area contributed by atoms with E-state index in [1.165, 1.54) is 0 Å². The van der Waals surface area contributed by atoms with E-state index in [1.54, 1.807) is 0 Å².